The van der Waals surface area contributed by atoms with Gasteiger partial charge in [0, 0.05) is 18.8 Å². The molecule has 0 unspecified atom stereocenters. The lowest BCUT2D eigenvalue weighted by molar-refractivity contribution is 0.1000. The van der Waals surface area contributed by atoms with Crippen LogP contribution in [0.2, 0.25) is 10.0 Å². The lowest BCUT2D eigenvalue weighted by Crippen LogP contribution is -2.13. The maximum atomic E-state index is 11.2. The molecule has 1 amide bonds. The van der Waals surface area contributed by atoms with Crippen LogP contribution in [-0.4, -0.2) is 25.7 Å². The molecule has 0 bridgehead atoms. The first-order valence-electron chi connectivity index (χ1n) is 7.64. The van der Waals surface area contributed by atoms with E-state index in [1.165, 1.54) is 12.3 Å². The van der Waals surface area contributed by atoms with Gasteiger partial charge in [-0.1, -0.05) is 35.3 Å². The van der Waals surface area contributed by atoms with Crippen molar-refractivity contribution in [3.8, 4) is 17.3 Å². The number of halogens is 2. The number of amides is 1. The Bertz CT molecular complexity index is 974. The Morgan fingerprint density at radius 1 is 1.23 bits per heavy atom. The minimum absolute atomic E-state index is 0.173. The van der Waals surface area contributed by atoms with Gasteiger partial charge in [0.05, 0.1) is 10.6 Å². The molecule has 0 saturated carbocycles. The van der Waals surface area contributed by atoms with E-state index in [1.807, 2.05) is 25.2 Å². The maximum absolute atomic E-state index is 11.2. The summed E-state index contributed by atoms with van der Waals surface area (Å²) in [5, 5.41) is 9.15. The molecule has 0 fully saturated rings. The number of nitrogens with zero attached hydrogens (tertiary/aromatic N) is 4. The van der Waals surface area contributed by atoms with Gasteiger partial charge in [-0.05, 0) is 25.1 Å². The second-order valence-electron chi connectivity index (χ2n) is 5.56. The number of pyridine rings is 1. The summed E-state index contributed by atoms with van der Waals surface area (Å²) in [5.74, 6) is 0.740. The maximum Gasteiger partial charge on any atom is 0.250 e. The molecule has 2 N–H and O–H groups in total. The molecule has 7 nitrogen and oxygen atoms in total. The molecule has 0 aliphatic rings. The number of hydrogen-bond acceptors (Lipinski definition) is 5. The quantitative estimate of drug-likeness (QED) is 0.718. The lowest BCUT2D eigenvalue weighted by Gasteiger charge is -2.15. The average Bonchev–Trinajstić information content (AvgIpc) is 2.98. The van der Waals surface area contributed by atoms with Crippen LogP contribution in [0.5, 0.6) is 5.88 Å². The third kappa shape index (κ3) is 3.49. The third-order valence-electron chi connectivity index (χ3n) is 3.77. The Morgan fingerprint density at radius 2 is 1.96 bits per heavy atom. The van der Waals surface area contributed by atoms with E-state index in [4.69, 9.17) is 33.7 Å². The van der Waals surface area contributed by atoms with Gasteiger partial charge in [0.25, 0.3) is 0 Å². The van der Waals surface area contributed by atoms with Gasteiger partial charge in [-0.25, -0.2) is 4.98 Å². The van der Waals surface area contributed by atoms with Crippen molar-refractivity contribution >= 4 is 29.1 Å². The van der Waals surface area contributed by atoms with Crippen LogP contribution in [0, 0.1) is 0 Å². The molecular weight excluding hydrogens is 377 g/mol. The highest BCUT2D eigenvalue weighted by Crippen LogP contribution is 2.30. The van der Waals surface area contributed by atoms with Gasteiger partial charge < -0.3 is 15.0 Å². The van der Waals surface area contributed by atoms with Crippen LogP contribution in [0.3, 0.4) is 0 Å². The number of nitrogens with two attached hydrogens (primary N) is 1. The molecule has 0 aliphatic heterocycles. The van der Waals surface area contributed by atoms with Crippen LogP contribution in [0.25, 0.3) is 11.4 Å². The molecule has 0 saturated heterocycles. The molecule has 3 aromatic rings. The summed E-state index contributed by atoms with van der Waals surface area (Å²) in [6, 6.07) is 8.78. The first kappa shape index (κ1) is 18.2. The molecular formula is C17H15Cl2N5O2. The van der Waals surface area contributed by atoms with Crippen LogP contribution in [0.1, 0.15) is 29.2 Å². The van der Waals surface area contributed by atoms with Crippen molar-refractivity contribution in [3.05, 3.63) is 58.0 Å². The van der Waals surface area contributed by atoms with Crippen molar-refractivity contribution in [1.29, 1.82) is 0 Å². The summed E-state index contributed by atoms with van der Waals surface area (Å²) >= 11 is 12.3. The van der Waals surface area contributed by atoms with Crippen molar-refractivity contribution in [3.63, 3.8) is 0 Å². The van der Waals surface area contributed by atoms with E-state index in [0.717, 1.165) is 5.56 Å². The predicted octanol–water partition coefficient (Wildman–Crippen LogP) is 3.42. The number of ether oxygens (including phenoxy) is 1. The van der Waals surface area contributed by atoms with Crippen LogP contribution in [0.4, 0.5) is 0 Å². The molecule has 2 heterocycles. The lowest BCUT2D eigenvalue weighted by atomic mass is 10.2. The standard InChI is InChI=1S/C17H15Cl2N5O2/c1-9(26-17-13(19)7-10(8-21-17)14(20)25)15-22-23-16(24(15)2)11-5-3-4-6-12(11)18/h3-9H,1-2H3,(H2,20,25)/t9-/m0/s1. The number of hydrogen-bond donors (Lipinski definition) is 1. The number of carbonyl (C=O) groups is 1. The van der Waals surface area contributed by atoms with Gasteiger partial charge in [-0.15, -0.1) is 10.2 Å². The van der Waals surface area contributed by atoms with Crippen molar-refractivity contribution in [1.82, 2.24) is 19.7 Å². The fourth-order valence-electron chi connectivity index (χ4n) is 2.44. The second-order valence-corrected chi connectivity index (χ2v) is 6.37. The number of primary amides is 1. The van der Waals surface area contributed by atoms with Crippen LogP contribution >= 0.6 is 23.2 Å². The van der Waals surface area contributed by atoms with Crippen molar-refractivity contribution < 1.29 is 9.53 Å². The summed E-state index contributed by atoms with van der Waals surface area (Å²) in [6.07, 6.45) is 0.815. The molecule has 0 aliphatic carbocycles. The molecule has 1 aromatic carbocycles. The number of carbonyl (C=O) groups excluding carboxylic acids is 1. The van der Waals surface area contributed by atoms with Crippen LogP contribution in [0.15, 0.2) is 36.5 Å². The summed E-state index contributed by atoms with van der Waals surface area (Å²) in [7, 11) is 1.82. The number of aromatic nitrogens is 4. The summed E-state index contributed by atoms with van der Waals surface area (Å²) in [6.45, 7) is 1.79. The Hall–Kier alpha value is -2.64. The van der Waals surface area contributed by atoms with Gasteiger partial charge >= 0.3 is 0 Å². The normalized spacial score (nSPS) is 12.0. The van der Waals surface area contributed by atoms with E-state index in [-0.39, 0.29) is 16.5 Å². The van der Waals surface area contributed by atoms with Crippen molar-refractivity contribution in [2.24, 2.45) is 12.8 Å². The molecule has 0 spiro atoms. The fourth-order valence-corrected chi connectivity index (χ4v) is 2.87. The first-order valence-corrected chi connectivity index (χ1v) is 8.40. The molecule has 134 valence electrons. The van der Waals surface area contributed by atoms with E-state index >= 15 is 0 Å². The summed E-state index contributed by atoms with van der Waals surface area (Å²) in [5.41, 5.74) is 6.18. The Morgan fingerprint density at radius 3 is 2.62 bits per heavy atom. The van der Waals surface area contributed by atoms with E-state index in [1.54, 1.807) is 17.6 Å². The van der Waals surface area contributed by atoms with Crippen molar-refractivity contribution in [2.75, 3.05) is 0 Å². The minimum Gasteiger partial charge on any atom is -0.465 e. The summed E-state index contributed by atoms with van der Waals surface area (Å²) < 4.78 is 7.56. The van der Waals surface area contributed by atoms with Crippen LogP contribution < -0.4 is 10.5 Å². The van der Waals surface area contributed by atoms with Gasteiger partial charge in [-0.3, -0.25) is 4.79 Å². The zero-order valence-electron chi connectivity index (χ0n) is 14.0. The Kier molecular flexibility index (Phi) is 5.11. The van der Waals surface area contributed by atoms with Gasteiger partial charge in [0.15, 0.2) is 17.8 Å². The minimum atomic E-state index is -0.614. The van der Waals surface area contributed by atoms with Crippen LogP contribution in [-0.2, 0) is 7.05 Å². The van der Waals surface area contributed by atoms with E-state index in [2.05, 4.69) is 15.2 Å². The smallest absolute Gasteiger partial charge is 0.250 e. The third-order valence-corrected chi connectivity index (χ3v) is 4.37. The largest absolute Gasteiger partial charge is 0.465 e. The Balaban J connectivity index is 1.87. The highest BCUT2D eigenvalue weighted by atomic mass is 35.5. The number of rotatable bonds is 5. The van der Waals surface area contributed by atoms with E-state index < -0.39 is 12.0 Å². The SMILES string of the molecule is C[C@H](Oc1ncc(C(N)=O)cc1Cl)c1nnc(-c2ccccc2Cl)n1C. The average molecular weight is 392 g/mol. The van der Waals surface area contributed by atoms with E-state index in [9.17, 15) is 4.79 Å². The molecule has 26 heavy (non-hydrogen) atoms. The summed E-state index contributed by atoms with van der Waals surface area (Å²) in [4.78, 5) is 15.2. The zero-order valence-corrected chi connectivity index (χ0v) is 15.5. The topological polar surface area (TPSA) is 95.9 Å². The molecule has 3 rings (SSSR count). The molecule has 9 heteroatoms. The second kappa shape index (κ2) is 7.31. The monoisotopic (exact) mass is 391 g/mol. The van der Waals surface area contributed by atoms with Crippen molar-refractivity contribution in [2.45, 2.75) is 13.0 Å². The Labute approximate surface area is 159 Å². The predicted molar refractivity (Wildman–Crippen MR) is 98.3 cm³/mol. The van der Waals surface area contributed by atoms with Gasteiger partial charge in [0.2, 0.25) is 11.8 Å². The van der Waals surface area contributed by atoms with E-state index in [0.29, 0.717) is 16.7 Å². The number of benzene rings is 1. The first-order chi connectivity index (χ1) is 12.4. The van der Waals surface area contributed by atoms with Gasteiger partial charge in [0.1, 0.15) is 5.02 Å². The molecule has 0 radical (unpaired) electrons. The zero-order chi connectivity index (χ0) is 18.8. The highest BCUT2D eigenvalue weighted by molar-refractivity contribution is 6.33. The van der Waals surface area contributed by atoms with Gasteiger partial charge in [-0.2, -0.15) is 0 Å². The molecule has 2 aromatic heterocycles. The molecule has 1 atom stereocenters. The highest BCUT2D eigenvalue weighted by Gasteiger charge is 2.20. The fraction of sp³-hybridized carbons (Fsp3) is 0.176.